The molecule has 2 aromatic carbocycles. The maximum Gasteiger partial charge on any atom is 0.391 e. The van der Waals surface area contributed by atoms with Crippen LogP contribution in [0.15, 0.2) is 42.5 Å². The summed E-state index contributed by atoms with van der Waals surface area (Å²) in [5.41, 5.74) is 4.87. The summed E-state index contributed by atoms with van der Waals surface area (Å²) in [6.45, 7) is 6.92. The summed E-state index contributed by atoms with van der Waals surface area (Å²) in [7, 11) is 2.03. The van der Waals surface area contributed by atoms with Crippen LogP contribution in [-0.4, -0.2) is 41.9 Å². The van der Waals surface area contributed by atoms with Gasteiger partial charge in [-0.1, -0.05) is 0 Å². The summed E-state index contributed by atoms with van der Waals surface area (Å²) >= 11 is 0. The van der Waals surface area contributed by atoms with Crippen LogP contribution in [0.5, 0.6) is 0 Å². The van der Waals surface area contributed by atoms with Gasteiger partial charge in [0.05, 0.1) is 17.0 Å². The van der Waals surface area contributed by atoms with E-state index in [4.69, 9.17) is 4.98 Å². The number of nitrogens with zero attached hydrogens (tertiary/aromatic N) is 4. The van der Waals surface area contributed by atoms with E-state index in [1.165, 1.54) is 0 Å². The molecule has 4 rings (SSSR count). The fourth-order valence-corrected chi connectivity index (χ4v) is 4.43. The van der Waals surface area contributed by atoms with E-state index in [0.29, 0.717) is 13.1 Å². The molecule has 2 heterocycles. The molecular formula is C24H30F3N5. The van der Waals surface area contributed by atoms with Crippen molar-refractivity contribution in [3.05, 3.63) is 42.5 Å². The number of imidazole rings is 1. The van der Waals surface area contributed by atoms with E-state index in [0.717, 1.165) is 47.1 Å². The van der Waals surface area contributed by atoms with Gasteiger partial charge in [-0.3, -0.25) is 0 Å². The van der Waals surface area contributed by atoms with Gasteiger partial charge in [-0.05, 0) is 69.2 Å². The first-order valence-electron chi connectivity index (χ1n) is 11.2. The molecule has 0 radical (unpaired) electrons. The molecule has 32 heavy (non-hydrogen) atoms. The van der Waals surface area contributed by atoms with Crippen LogP contribution in [0.3, 0.4) is 0 Å². The Bertz CT molecular complexity index is 1050. The van der Waals surface area contributed by atoms with Crippen LogP contribution in [0.4, 0.5) is 36.2 Å². The molecule has 0 bridgehead atoms. The van der Waals surface area contributed by atoms with Gasteiger partial charge in [0, 0.05) is 50.3 Å². The molecule has 1 aromatic heterocycles. The molecule has 1 N–H and O–H groups in total. The highest BCUT2D eigenvalue weighted by Gasteiger charge is 2.41. The highest BCUT2D eigenvalue weighted by molar-refractivity contribution is 5.83. The summed E-state index contributed by atoms with van der Waals surface area (Å²) in [4.78, 5) is 9.03. The first-order chi connectivity index (χ1) is 15.3. The highest BCUT2D eigenvalue weighted by Crippen LogP contribution is 2.35. The van der Waals surface area contributed by atoms with Gasteiger partial charge in [-0.2, -0.15) is 13.2 Å². The van der Waals surface area contributed by atoms with Crippen molar-refractivity contribution in [1.82, 2.24) is 9.55 Å². The lowest BCUT2D eigenvalue weighted by molar-refractivity contribution is -0.179. The Kier molecular flexibility index (Phi) is 6.22. The number of halogens is 3. The second kappa shape index (κ2) is 8.92. The lowest BCUT2D eigenvalue weighted by atomic mass is 9.96. The SMILES string of the molecule is CCN(CC)c1nc2ccc(Nc3ccc(N4CCC(C(F)(F)F)CC4)cc3)cc2n1C. The van der Waals surface area contributed by atoms with E-state index < -0.39 is 12.1 Å². The number of nitrogens with one attached hydrogen (secondary N) is 1. The number of hydrogen-bond acceptors (Lipinski definition) is 4. The molecule has 8 heteroatoms. The van der Waals surface area contributed by atoms with Crippen LogP contribution in [0.2, 0.25) is 0 Å². The Hall–Kier alpha value is -2.90. The molecule has 1 aliphatic rings. The van der Waals surface area contributed by atoms with Crippen molar-refractivity contribution in [1.29, 1.82) is 0 Å². The number of piperidine rings is 1. The number of aromatic nitrogens is 2. The molecule has 0 spiro atoms. The van der Waals surface area contributed by atoms with Crippen LogP contribution in [0.25, 0.3) is 11.0 Å². The second-order valence-corrected chi connectivity index (χ2v) is 8.32. The molecule has 0 atom stereocenters. The molecule has 0 amide bonds. The van der Waals surface area contributed by atoms with Crippen molar-refractivity contribution >= 4 is 34.0 Å². The van der Waals surface area contributed by atoms with E-state index in [-0.39, 0.29) is 12.8 Å². The Balaban J connectivity index is 1.45. The second-order valence-electron chi connectivity index (χ2n) is 8.32. The summed E-state index contributed by atoms with van der Waals surface area (Å²) in [5, 5.41) is 3.42. The first kappa shape index (κ1) is 22.3. The Morgan fingerprint density at radius 1 is 1.00 bits per heavy atom. The number of anilines is 4. The van der Waals surface area contributed by atoms with Gasteiger partial charge in [0.25, 0.3) is 0 Å². The largest absolute Gasteiger partial charge is 0.391 e. The number of aryl methyl sites for hydroxylation is 1. The van der Waals surface area contributed by atoms with E-state index in [1.54, 1.807) is 0 Å². The van der Waals surface area contributed by atoms with Crippen LogP contribution < -0.4 is 15.1 Å². The maximum absolute atomic E-state index is 12.9. The minimum absolute atomic E-state index is 0.156. The fraction of sp³-hybridized carbons (Fsp3) is 0.458. The van der Waals surface area contributed by atoms with Crippen molar-refractivity contribution in [2.24, 2.45) is 13.0 Å². The molecule has 0 aliphatic carbocycles. The lowest BCUT2D eigenvalue weighted by Gasteiger charge is -2.34. The third-order valence-electron chi connectivity index (χ3n) is 6.38. The van der Waals surface area contributed by atoms with Crippen molar-refractivity contribution in [2.75, 3.05) is 41.3 Å². The van der Waals surface area contributed by atoms with Crippen molar-refractivity contribution in [3.8, 4) is 0 Å². The van der Waals surface area contributed by atoms with Gasteiger partial charge in [0.2, 0.25) is 5.95 Å². The molecule has 5 nitrogen and oxygen atoms in total. The highest BCUT2D eigenvalue weighted by atomic mass is 19.4. The van der Waals surface area contributed by atoms with Gasteiger partial charge in [0.1, 0.15) is 0 Å². The Morgan fingerprint density at radius 2 is 1.62 bits per heavy atom. The van der Waals surface area contributed by atoms with Crippen LogP contribution >= 0.6 is 0 Å². The molecule has 0 saturated carbocycles. The summed E-state index contributed by atoms with van der Waals surface area (Å²) in [6, 6.07) is 14.0. The lowest BCUT2D eigenvalue weighted by Crippen LogP contribution is -2.38. The van der Waals surface area contributed by atoms with E-state index in [9.17, 15) is 13.2 Å². The van der Waals surface area contributed by atoms with Crippen LogP contribution in [0.1, 0.15) is 26.7 Å². The van der Waals surface area contributed by atoms with Crippen molar-refractivity contribution in [2.45, 2.75) is 32.9 Å². The van der Waals surface area contributed by atoms with Crippen molar-refractivity contribution in [3.63, 3.8) is 0 Å². The zero-order valence-corrected chi connectivity index (χ0v) is 18.8. The van der Waals surface area contributed by atoms with Gasteiger partial charge in [-0.15, -0.1) is 0 Å². The predicted molar refractivity (Wildman–Crippen MR) is 125 cm³/mol. The third kappa shape index (κ3) is 4.49. The van der Waals surface area contributed by atoms with Gasteiger partial charge < -0.3 is 19.7 Å². The first-order valence-corrected chi connectivity index (χ1v) is 11.2. The predicted octanol–water partition coefficient (Wildman–Crippen LogP) is 5.94. The average Bonchev–Trinajstić information content (AvgIpc) is 3.11. The average molecular weight is 446 g/mol. The standard InChI is InChI=1S/C24H30F3N5/c1-4-31(5-2)23-29-21-11-8-19(16-22(21)30(23)3)28-18-6-9-20(10-7-18)32-14-12-17(13-15-32)24(25,26)27/h6-11,16-17,28H,4-5,12-15H2,1-3H3. The van der Waals surface area contributed by atoms with Gasteiger partial charge in [0.15, 0.2) is 0 Å². The molecule has 1 saturated heterocycles. The van der Waals surface area contributed by atoms with Crippen LogP contribution in [0, 0.1) is 5.92 Å². The van der Waals surface area contributed by atoms with E-state index in [1.807, 2.05) is 48.3 Å². The number of alkyl halides is 3. The number of rotatable bonds is 6. The fourth-order valence-electron chi connectivity index (χ4n) is 4.43. The molecule has 1 fully saturated rings. The monoisotopic (exact) mass is 445 g/mol. The molecule has 3 aromatic rings. The smallest absolute Gasteiger partial charge is 0.372 e. The summed E-state index contributed by atoms with van der Waals surface area (Å²) in [5.74, 6) is -0.218. The van der Waals surface area contributed by atoms with E-state index >= 15 is 0 Å². The summed E-state index contributed by atoms with van der Waals surface area (Å²) in [6.07, 6.45) is -3.77. The van der Waals surface area contributed by atoms with E-state index in [2.05, 4.69) is 34.7 Å². The van der Waals surface area contributed by atoms with Crippen molar-refractivity contribution < 1.29 is 13.2 Å². The number of hydrogen-bond donors (Lipinski definition) is 1. The zero-order valence-electron chi connectivity index (χ0n) is 18.8. The Morgan fingerprint density at radius 3 is 2.22 bits per heavy atom. The molecular weight excluding hydrogens is 415 g/mol. The summed E-state index contributed by atoms with van der Waals surface area (Å²) < 4.78 is 40.8. The topological polar surface area (TPSA) is 36.3 Å². The maximum atomic E-state index is 12.9. The normalized spacial score (nSPS) is 15.4. The number of benzene rings is 2. The molecule has 0 unspecified atom stereocenters. The van der Waals surface area contributed by atoms with Gasteiger partial charge in [-0.25, -0.2) is 4.98 Å². The minimum Gasteiger partial charge on any atom is -0.372 e. The van der Waals surface area contributed by atoms with Crippen LogP contribution in [-0.2, 0) is 7.05 Å². The quantitative estimate of drug-likeness (QED) is 0.509. The number of fused-ring (bicyclic) bond motifs is 1. The molecule has 1 aliphatic heterocycles. The zero-order chi connectivity index (χ0) is 22.9. The molecule has 172 valence electrons. The Labute approximate surface area is 186 Å². The third-order valence-corrected chi connectivity index (χ3v) is 6.38. The minimum atomic E-state index is -4.08. The van der Waals surface area contributed by atoms with Gasteiger partial charge >= 0.3 is 6.18 Å².